The zero-order chi connectivity index (χ0) is 15.4. The van der Waals surface area contributed by atoms with Crippen LogP contribution in [0.15, 0.2) is 40.9 Å². The third-order valence-electron chi connectivity index (χ3n) is 3.01. The topological polar surface area (TPSA) is 21.3 Å². The highest BCUT2D eigenvalue weighted by Crippen LogP contribution is 2.32. The van der Waals surface area contributed by atoms with Gasteiger partial charge in [0.2, 0.25) is 0 Å². The minimum Gasteiger partial charge on any atom is -0.457 e. The normalized spacial score (nSPS) is 12.2. The molecule has 2 aromatic carbocycles. The van der Waals surface area contributed by atoms with Gasteiger partial charge in [-0.2, -0.15) is 0 Å². The van der Waals surface area contributed by atoms with Crippen LogP contribution in [0.3, 0.4) is 0 Å². The molecule has 1 atom stereocenters. The van der Waals surface area contributed by atoms with Crippen molar-refractivity contribution in [3.63, 3.8) is 0 Å². The molecule has 0 saturated heterocycles. The van der Waals surface area contributed by atoms with Crippen molar-refractivity contribution in [2.24, 2.45) is 0 Å². The molecule has 0 amide bonds. The summed E-state index contributed by atoms with van der Waals surface area (Å²) in [5.41, 5.74) is 0.913. The standard InChI is InChI=1S/C16H16BrF2NO/c1-3-20-10(2)15-6-11(17)4-5-16(15)21-14-8-12(18)7-13(19)9-14/h4-10,20H,3H2,1-2H3. The summed E-state index contributed by atoms with van der Waals surface area (Å²) in [5.74, 6) is -0.622. The molecule has 112 valence electrons. The number of nitrogens with one attached hydrogen (secondary N) is 1. The molecule has 2 nitrogen and oxygen atoms in total. The Balaban J connectivity index is 2.34. The second kappa shape index (κ2) is 7.00. The number of ether oxygens (including phenoxy) is 1. The van der Waals surface area contributed by atoms with E-state index >= 15 is 0 Å². The zero-order valence-corrected chi connectivity index (χ0v) is 13.4. The second-order valence-corrected chi connectivity index (χ2v) is 5.58. The van der Waals surface area contributed by atoms with Gasteiger partial charge in [0, 0.05) is 34.3 Å². The first kappa shape index (κ1) is 15.9. The van der Waals surface area contributed by atoms with Gasteiger partial charge in [0.05, 0.1) is 0 Å². The lowest BCUT2D eigenvalue weighted by molar-refractivity contribution is 0.452. The Hall–Kier alpha value is -1.46. The van der Waals surface area contributed by atoms with Crippen molar-refractivity contribution >= 4 is 15.9 Å². The average molecular weight is 356 g/mol. The Morgan fingerprint density at radius 2 is 1.81 bits per heavy atom. The molecule has 0 spiro atoms. The molecule has 1 unspecified atom stereocenters. The van der Waals surface area contributed by atoms with Gasteiger partial charge >= 0.3 is 0 Å². The molecule has 0 aliphatic carbocycles. The van der Waals surface area contributed by atoms with E-state index in [2.05, 4.69) is 21.2 Å². The third-order valence-corrected chi connectivity index (χ3v) is 3.51. The second-order valence-electron chi connectivity index (χ2n) is 4.67. The fourth-order valence-electron chi connectivity index (χ4n) is 2.08. The fourth-order valence-corrected chi connectivity index (χ4v) is 2.46. The number of halogens is 3. The van der Waals surface area contributed by atoms with Crippen molar-refractivity contribution < 1.29 is 13.5 Å². The van der Waals surface area contributed by atoms with Gasteiger partial charge in [-0.25, -0.2) is 8.78 Å². The Morgan fingerprint density at radius 3 is 2.43 bits per heavy atom. The summed E-state index contributed by atoms with van der Waals surface area (Å²) in [6, 6.07) is 8.72. The Morgan fingerprint density at radius 1 is 1.14 bits per heavy atom. The highest BCUT2D eigenvalue weighted by molar-refractivity contribution is 9.10. The summed E-state index contributed by atoms with van der Waals surface area (Å²) < 4.78 is 33.0. The molecule has 5 heteroatoms. The van der Waals surface area contributed by atoms with E-state index < -0.39 is 11.6 Å². The fraction of sp³-hybridized carbons (Fsp3) is 0.250. The molecule has 0 aliphatic rings. The van der Waals surface area contributed by atoms with Crippen LogP contribution in [0.5, 0.6) is 11.5 Å². The van der Waals surface area contributed by atoms with E-state index in [4.69, 9.17) is 4.74 Å². The van der Waals surface area contributed by atoms with Gasteiger partial charge in [-0.3, -0.25) is 0 Å². The maximum Gasteiger partial charge on any atom is 0.133 e. The predicted molar refractivity (Wildman–Crippen MR) is 82.7 cm³/mol. The lowest BCUT2D eigenvalue weighted by Gasteiger charge is -2.18. The molecule has 0 heterocycles. The van der Waals surface area contributed by atoms with Crippen molar-refractivity contribution in [3.8, 4) is 11.5 Å². The first-order valence-electron chi connectivity index (χ1n) is 6.66. The molecule has 2 aromatic rings. The highest BCUT2D eigenvalue weighted by Gasteiger charge is 2.13. The van der Waals surface area contributed by atoms with Crippen LogP contribution in [0.1, 0.15) is 25.5 Å². The average Bonchev–Trinajstić information content (AvgIpc) is 2.40. The lowest BCUT2D eigenvalue weighted by atomic mass is 10.1. The first-order valence-corrected chi connectivity index (χ1v) is 7.45. The molecule has 0 saturated carbocycles. The largest absolute Gasteiger partial charge is 0.457 e. The van der Waals surface area contributed by atoms with Gasteiger partial charge in [-0.1, -0.05) is 22.9 Å². The lowest BCUT2D eigenvalue weighted by Crippen LogP contribution is -2.18. The van der Waals surface area contributed by atoms with Crippen LogP contribution in [0.4, 0.5) is 8.78 Å². The van der Waals surface area contributed by atoms with E-state index in [1.807, 2.05) is 26.0 Å². The molecule has 1 N–H and O–H groups in total. The number of benzene rings is 2. The minimum absolute atomic E-state index is 0.0564. The summed E-state index contributed by atoms with van der Waals surface area (Å²) in [7, 11) is 0. The Labute approximate surface area is 131 Å². The van der Waals surface area contributed by atoms with Crippen molar-refractivity contribution in [2.45, 2.75) is 19.9 Å². The van der Waals surface area contributed by atoms with E-state index in [0.717, 1.165) is 34.8 Å². The summed E-state index contributed by atoms with van der Waals surface area (Å²) >= 11 is 3.42. The minimum atomic E-state index is -0.664. The maximum atomic E-state index is 13.2. The van der Waals surface area contributed by atoms with Gasteiger partial charge < -0.3 is 10.1 Å². The highest BCUT2D eigenvalue weighted by atomic mass is 79.9. The van der Waals surface area contributed by atoms with Crippen LogP contribution < -0.4 is 10.1 Å². The van der Waals surface area contributed by atoms with E-state index in [-0.39, 0.29) is 11.8 Å². The molecule has 0 bridgehead atoms. The van der Waals surface area contributed by atoms with Crippen LogP contribution in [0.25, 0.3) is 0 Å². The van der Waals surface area contributed by atoms with Crippen LogP contribution in [0.2, 0.25) is 0 Å². The maximum absolute atomic E-state index is 13.2. The molecule has 0 aromatic heterocycles. The molecule has 21 heavy (non-hydrogen) atoms. The third kappa shape index (κ3) is 4.25. The van der Waals surface area contributed by atoms with Crippen molar-refractivity contribution in [1.29, 1.82) is 0 Å². The van der Waals surface area contributed by atoms with E-state index in [1.165, 1.54) is 0 Å². The van der Waals surface area contributed by atoms with Gasteiger partial charge in [0.25, 0.3) is 0 Å². The molecular formula is C16H16BrF2NO. The van der Waals surface area contributed by atoms with Crippen LogP contribution >= 0.6 is 15.9 Å². The summed E-state index contributed by atoms with van der Waals surface area (Å²) in [6.07, 6.45) is 0. The SMILES string of the molecule is CCNC(C)c1cc(Br)ccc1Oc1cc(F)cc(F)c1. The van der Waals surface area contributed by atoms with Crippen LogP contribution in [-0.4, -0.2) is 6.54 Å². The molecule has 0 fully saturated rings. The van der Waals surface area contributed by atoms with Crippen molar-refractivity contribution in [1.82, 2.24) is 5.32 Å². The number of hydrogen-bond acceptors (Lipinski definition) is 2. The monoisotopic (exact) mass is 355 g/mol. The van der Waals surface area contributed by atoms with E-state index in [9.17, 15) is 8.78 Å². The van der Waals surface area contributed by atoms with Gasteiger partial charge in [0.15, 0.2) is 0 Å². The number of rotatable bonds is 5. The molecule has 2 rings (SSSR count). The Kier molecular flexibility index (Phi) is 5.31. The van der Waals surface area contributed by atoms with E-state index in [0.29, 0.717) is 5.75 Å². The summed E-state index contributed by atoms with van der Waals surface area (Å²) in [5, 5.41) is 3.29. The van der Waals surface area contributed by atoms with Crippen LogP contribution in [-0.2, 0) is 0 Å². The molecular weight excluding hydrogens is 340 g/mol. The van der Waals surface area contributed by atoms with Crippen molar-refractivity contribution in [3.05, 3.63) is 58.1 Å². The summed E-state index contributed by atoms with van der Waals surface area (Å²) in [6.45, 7) is 4.82. The smallest absolute Gasteiger partial charge is 0.133 e. The molecule has 0 aliphatic heterocycles. The Bertz CT molecular complexity index is 613. The first-order chi connectivity index (χ1) is 9.99. The van der Waals surface area contributed by atoms with Gasteiger partial charge in [-0.15, -0.1) is 0 Å². The van der Waals surface area contributed by atoms with E-state index in [1.54, 1.807) is 6.07 Å². The van der Waals surface area contributed by atoms with Gasteiger partial charge in [-0.05, 0) is 31.7 Å². The molecule has 0 radical (unpaired) electrons. The predicted octanol–water partition coefficient (Wildman–Crippen LogP) is 5.19. The quantitative estimate of drug-likeness (QED) is 0.796. The summed E-state index contributed by atoms with van der Waals surface area (Å²) in [4.78, 5) is 0. The van der Waals surface area contributed by atoms with Crippen LogP contribution in [0, 0.1) is 11.6 Å². The zero-order valence-electron chi connectivity index (χ0n) is 11.8. The number of hydrogen-bond donors (Lipinski definition) is 1. The van der Waals surface area contributed by atoms with Gasteiger partial charge in [0.1, 0.15) is 23.1 Å². The van der Waals surface area contributed by atoms with Crippen molar-refractivity contribution in [2.75, 3.05) is 6.54 Å².